The van der Waals surface area contributed by atoms with E-state index in [1.165, 1.54) is 18.3 Å². The maximum atomic E-state index is 13.1. The SMILES string of the molecule is Fc1cc(Cn2ccc(C(F)(F)F)n2)ccc1Cl. The molecule has 0 radical (unpaired) electrons. The van der Waals surface area contributed by atoms with E-state index in [2.05, 4.69) is 5.10 Å². The average molecular weight is 279 g/mol. The molecule has 0 fully saturated rings. The number of benzene rings is 1. The fourth-order valence-corrected chi connectivity index (χ4v) is 1.54. The van der Waals surface area contributed by atoms with Gasteiger partial charge in [-0.2, -0.15) is 18.3 Å². The van der Waals surface area contributed by atoms with E-state index in [1.54, 1.807) is 0 Å². The smallest absolute Gasteiger partial charge is 0.268 e. The molecule has 1 aromatic heterocycles. The van der Waals surface area contributed by atoms with E-state index < -0.39 is 17.7 Å². The number of halogens is 5. The Morgan fingerprint density at radius 2 is 1.94 bits per heavy atom. The zero-order valence-corrected chi connectivity index (χ0v) is 9.63. The van der Waals surface area contributed by atoms with Crippen LogP contribution < -0.4 is 0 Å². The van der Waals surface area contributed by atoms with E-state index in [9.17, 15) is 17.6 Å². The number of alkyl halides is 3. The molecule has 0 aliphatic rings. The molecule has 0 bridgehead atoms. The van der Waals surface area contributed by atoms with Crippen molar-refractivity contribution in [3.05, 3.63) is 52.6 Å². The molecule has 0 spiro atoms. The molecule has 0 N–H and O–H groups in total. The van der Waals surface area contributed by atoms with Crippen LogP contribution in [0.1, 0.15) is 11.3 Å². The lowest BCUT2D eigenvalue weighted by molar-refractivity contribution is -0.141. The summed E-state index contributed by atoms with van der Waals surface area (Å²) in [6.07, 6.45) is -3.29. The Hall–Kier alpha value is -1.56. The molecule has 2 rings (SSSR count). The van der Waals surface area contributed by atoms with Crippen molar-refractivity contribution in [1.29, 1.82) is 0 Å². The first-order chi connectivity index (χ1) is 8.36. The van der Waals surface area contributed by atoms with Gasteiger partial charge in [-0.25, -0.2) is 4.39 Å². The normalized spacial score (nSPS) is 11.8. The van der Waals surface area contributed by atoms with Crippen LogP contribution in [-0.4, -0.2) is 9.78 Å². The van der Waals surface area contributed by atoms with Crippen LogP contribution in [0.15, 0.2) is 30.5 Å². The third kappa shape index (κ3) is 2.81. The van der Waals surface area contributed by atoms with Gasteiger partial charge in [0.2, 0.25) is 0 Å². The zero-order chi connectivity index (χ0) is 13.3. The molecular formula is C11H7ClF4N2. The van der Waals surface area contributed by atoms with Gasteiger partial charge in [-0.05, 0) is 23.8 Å². The lowest BCUT2D eigenvalue weighted by Gasteiger charge is -2.04. The van der Waals surface area contributed by atoms with E-state index in [0.717, 1.165) is 16.8 Å². The van der Waals surface area contributed by atoms with Gasteiger partial charge >= 0.3 is 6.18 Å². The second-order valence-corrected chi connectivity index (χ2v) is 4.05. The van der Waals surface area contributed by atoms with E-state index in [0.29, 0.717) is 5.56 Å². The van der Waals surface area contributed by atoms with Crippen LogP contribution in [0.4, 0.5) is 17.6 Å². The minimum atomic E-state index is -4.48. The molecule has 0 atom stereocenters. The molecule has 1 aromatic carbocycles. The van der Waals surface area contributed by atoms with Crippen molar-refractivity contribution in [2.45, 2.75) is 12.7 Å². The van der Waals surface area contributed by atoms with Crippen molar-refractivity contribution in [3.8, 4) is 0 Å². The molecule has 0 saturated carbocycles. The second-order valence-electron chi connectivity index (χ2n) is 3.64. The van der Waals surface area contributed by atoms with Gasteiger partial charge in [0.25, 0.3) is 0 Å². The Morgan fingerprint density at radius 3 is 2.50 bits per heavy atom. The van der Waals surface area contributed by atoms with Crippen LogP contribution in [0.5, 0.6) is 0 Å². The predicted molar refractivity (Wildman–Crippen MR) is 57.7 cm³/mol. The fraction of sp³-hybridized carbons (Fsp3) is 0.182. The van der Waals surface area contributed by atoms with Crippen molar-refractivity contribution in [2.75, 3.05) is 0 Å². The lowest BCUT2D eigenvalue weighted by Crippen LogP contribution is -2.08. The van der Waals surface area contributed by atoms with Crippen molar-refractivity contribution < 1.29 is 17.6 Å². The standard InChI is InChI=1S/C11H7ClF4N2/c12-8-2-1-7(5-9(8)13)6-18-4-3-10(17-18)11(14,15)16/h1-5H,6H2. The number of hydrogen-bond donors (Lipinski definition) is 0. The van der Waals surface area contributed by atoms with E-state index >= 15 is 0 Å². The highest BCUT2D eigenvalue weighted by atomic mass is 35.5. The first kappa shape index (κ1) is 12.9. The number of rotatable bonds is 2. The van der Waals surface area contributed by atoms with Crippen LogP contribution in [-0.2, 0) is 12.7 Å². The minimum Gasteiger partial charge on any atom is -0.268 e. The summed E-state index contributed by atoms with van der Waals surface area (Å²) in [5.41, 5.74) is -0.495. The monoisotopic (exact) mass is 278 g/mol. The highest BCUT2D eigenvalue weighted by Crippen LogP contribution is 2.27. The fourth-order valence-electron chi connectivity index (χ4n) is 1.43. The number of hydrogen-bond acceptors (Lipinski definition) is 1. The quantitative estimate of drug-likeness (QED) is 0.765. The van der Waals surface area contributed by atoms with E-state index in [1.807, 2.05) is 0 Å². The summed E-state index contributed by atoms with van der Waals surface area (Å²) in [4.78, 5) is 0. The Kier molecular flexibility index (Phi) is 3.30. The predicted octanol–water partition coefficient (Wildman–Crippen LogP) is 3.74. The van der Waals surface area contributed by atoms with Gasteiger partial charge in [-0.15, -0.1) is 0 Å². The van der Waals surface area contributed by atoms with Crippen molar-refractivity contribution in [3.63, 3.8) is 0 Å². The summed E-state index contributed by atoms with van der Waals surface area (Å²) in [6, 6.07) is 4.91. The average Bonchev–Trinajstić information content (AvgIpc) is 2.72. The third-order valence-corrected chi connectivity index (χ3v) is 2.57. The summed E-state index contributed by atoms with van der Waals surface area (Å²) in [6.45, 7) is 0.0458. The van der Waals surface area contributed by atoms with Crippen LogP contribution in [0.2, 0.25) is 5.02 Å². The zero-order valence-electron chi connectivity index (χ0n) is 8.88. The van der Waals surface area contributed by atoms with E-state index in [4.69, 9.17) is 11.6 Å². The molecule has 0 amide bonds. The van der Waals surface area contributed by atoms with Crippen LogP contribution in [0, 0.1) is 5.82 Å². The van der Waals surface area contributed by atoms with Crippen molar-refractivity contribution in [1.82, 2.24) is 9.78 Å². The third-order valence-electron chi connectivity index (χ3n) is 2.26. The van der Waals surface area contributed by atoms with Crippen molar-refractivity contribution >= 4 is 11.6 Å². The summed E-state index contributed by atoms with van der Waals surface area (Å²) < 4.78 is 51.1. The molecule has 1 heterocycles. The number of nitrogens with zero attached hydrogens (tertiary/aromatic N) is 2. The molecule has 0 aliphatic carbocycles. The van der Waals surface area contributed by atoms with Gasteiger partial charge in [0, 0.05) is 6.20 Å². The largest absolute Gasteiger partial charge is 0.435 e. The molecule has 2 aromatic rings. The van der Waals surface area contributed by atoms with Gasteiger partial charge in [-0.3, -0.25) is 4.68 Å². The Bertz CT molecular complexity index is 562. The number of aromatic nitrogens is 2. The Balaban J connectivity index is 2.19. The molecule has 18 heavy (non-hydrogen) atoms. The lowest BCUT2D eigenvalue weighted by atomic mass is 10.2. The van der Waals surface area contributed by atoms with Crippen LogP contribution in [0.3, 0.4) is 0 Å². The first-order valence-electron chi connectivity index (χ1n) is 4.91. The topological polar surface area (TPSA) is 17.8 Å². The van der Waals surface area contributed by atoms with Gasteiger partial charge < -0.3 is 0 Å². The van der Waals surface area contributed by atoms with Crippen LogP contribution >= 0.6 is 11.6 Å². The molecule has 96 valence electrons. The maximum Gasteiger partial charge on any atom is 0.435 e. The van der Waals surface area contributed by atoms with Crippen LogP contribution in [0.25, 0.3) is 0 Å². The van der Waals surface area contributed by atoms with E-state index in [-0.39, 0.29) is 11.6 Å². The molecule has 2 nitrogen and oxygen atoms in total. The van der Waals surface area contributed by atoms with Gasteiger partial charge in [0.15, 0.2) is 5.69 Å². The van der Waals surface area contributed by atoms with Crippen molar-refractivity contribution in [2.24, 2.45) is 0 Å². The molecule has 0 aliphatic heterocycles. The molecule has 7 heteroatoms. The highest BCUT2D eigenvalue weighted by Gasteiger charge is 2.33. The Labute approximate surface area is 105 Å². The molecular weight excluding hydrogens is 272 g/mol. The molecule has 0 unspecified atom stereocenters. The summed E-state index contributed by atoms with van der Waals surface area (Å²) in [5.74, 6) is -0.614. The maximum absolute atomic E-state index is 13.1. The Morgan fingerprint density at radius 1 is 1.22 bits per heavy atom. The van der Waals surface area contributed by atoms with Gasteiger partial charge in [0.1, 0.15) is 5.82 Å². The van der Waals surface area contributed by atoms with Gasteiger partial charge in [0.05, 0.1) is 11.6 Å². The highest BCUT2D eigenvalue weighted by molar-refractivity contribution is 6.30. The summed E-state index contributed by atoms with van der Waals surface area (Å²) >= 11 is 5.50. The minimum absolute atomic E-state index is 0.0322. The molecule has 0 saturated heterocycles. The summed E-state index contributed by atoms with van der Waals surface area (Å²) in [7, 11) is 0. The second kappa shape index (κ2) is 4.61. The summed E-state index contributed by atoms with van der Waals surface area (Å²) in [5, 5.41) is 3.33. The first-order valence-corrected chi connectivity index (χ1v) is 5.28. The van der Waals surface area contributed by atoms with Gasteiger partial charge in [-0.1, -0.05) is 17.7 Å².